The van der Waals surface area contributed by atoms with Gasteiger partial charge in [-0.3, -0.25) is 14.8 Å². The van der Waals surface area contributed by atoms with Crippen molar-refractivity contribution in [3.8, 4) is 0 Å². The molecule has 8 heteroatoms. The predicted octanol–water partition coefficient (Wildman–Crippen LogP) is 3.89. The molecule has 1 aliphatic carbocycles. The standard InChI is InChI=1S/C14H21F2N3O3/c1-2-7-22-9-10-3-5-11(6-4-10)18-8-12(19(20)21)13(17-18)14(15)16/h8,10-11,14H,2-7,9H2,1H3. The molecular weight excluding hydrogens is 296 g/mol. The Kier molecular flexibility index (Phi) is 5.82. The van der Waals surface area contributed by atoms with Gasteiger partial charge in [0.25, 0.3) is 6.43 Å². The highest BCUT2D eigenvalue weighted by Gasteiger charge is 2.30. The van der Waals surface area contributed by atoms with Crippen molar-refractivity contribution in [1.82, 2.24) is 9.78 Å². The fraction of sp³-hybridized carbons (Fsp3) is 0.786. The van der Waals surface area contributed by atoms with E-state index in [2.05, 4.69) is 12.0 Å². The molecule has 0 unspecified atom stereocenters. The number of aromatic nitrogens is 2. The van der Waals surface area contributed by atoms with E-state index < -0.39 is 22.7 Å². The van der Waals surface area contributed by atoms with Crippen molar-refractivity contribution in [2.45, 2.75) is 51.5 Å². The molecule has 1 aromatic heterocycles. The second-order valence-electron chi connectivity index (χ2n) is 5.69. The zero-order valence-corrected chi connectivity index (χ0v) is 12.6. The third-order valence-electron chi connectivity index (χ3n) is 4.04. The predicted molar refractivity (Wildman–Crippen MR) is 75.9 cm³/mol. The van der Waals surface area contributed by atoms with Crippen LogP contribution >= 0.6 is 0 Å². The minimum atomic E-state index is -2.93. The molecule has 0 radical (unpaired) electrons. The summed E-state index contributed by atoms with van der Waals surface area (Å²) in [4.78, 5) is 10.0. The van der Waals surface area contributed by atoms with Crippen LogP contribution in [0.3, 0.4) is 0 Å². The number of hydrogen-bond acceptors (Lipinski definition) is 4. The fourth-order valence-electron chi connectivity index (χ4n) is 2.85. The Morgan fingerprint density at radius 1 is 1.45 bits per heavy atom. The van der Waals surface area contributed by atoms with Gasteiger partial charge < -0.3 is 4.74 Å². The molecule has 0 saturated heterocycles. The molecule has 1 heterocycles. The summed E-state index contributed by atoms with van der Waals surface area (Å²) in [5, 5.41) is 14.6. The fourth-order valence-corrected chi connectivity index (χ4v) is 2.85. The number of nitrogens with zero attached hydrogens (tertiary/aromatic N) is 3. The van der Waals surface area contributed by atoms with Crippen LogP contribution in [0.15, 0.2) is 6.20 Å². The number of nitro groups is 1. The maximum absolute atomic E-state index is 12.8. The number of rotatable bonds is 7. The zero-order chi connectivity index (χ0) is 16.1. The third kappa shape index (κ3) is 4.00. The quantitative estimate of drug-likeness (QED) is 0.434. The Labute approximate surface area is 127 Å². The Morgan fingerprint density at radius 3 is 2.64 bits per heavy atom. The van der Waals surface area contributed by atoms with Gasteiger partial charge >= 0.3 is 5.69 Å². The molecule has 0 N–H and O–H groups in total. The van der Waals surface area contributed by atoms with Crippen LogP contribution in [0.4, 0.5) is 14.5 Å². The first-order valence-electron chi connectivity index (χ1n) is 7.62. The summed E-state index contributed by atoms with van der Waals surface area (Å²) in [6, 6.07) is -0.0476. The highest BCUT2D eigenvalue weighted by Crippen LogP contribution is 2.35. The molecule has 124 valence electrons. The Hall–Kier alpha value is -1.57. The molecule has 6 nitrogen and oxygen atoms in total. The van der Waals surface area contributed by atoms with Crippen LogP contribution in [-0.4, -0.2) is 27.9 Å². The molecule has 0 amide bonds. The van der Waals surface area contributed by atoms with E-state index in [9.17, 15) is 18.9 Å². The van der Waals surface area contributed by atoms with E-state index in [1.165, 1.54) is 4.68 Å². The lowest BCUT2D eigenvalue weighted by atomic mass is 9.86. The molecule has 2 rings (SSSR count). The van der Waals surface area contributed by atoms with E-state index in [0.29, 0.717) is 5.92 Å². The summed E-state index contributed by atoms with van der Waals surface area (Å²) >= 11 is 0. The minimum Gasteiger partial charge on any atom is -0.381 e. The van der Waals surface area contributed by atoms with E-state index in [4.69, 9.17) is 4.74 Å². The first kappa shape index (κ1) is 16.8. The van der Waals surface area contributed by atoms with E-state index in [1.807, 2.05) is 0 Å². The minimum absolute atomic E-state index is 0.0476. The lowest BCUT2D eigenvalue weighted by molar-refractivity contribution is -0.386. The average molecular weight is 317 g/mol. The number of hydrogen-bond donors (Lipinski definition) is 0. The Bertz CT molecular complexity index is 500. The summed E-state index contributed by atoms with van der Waals surface area (Å²) in [5.41, 5.74) is -1.33. The number of halogens is 2. The van der Waals surface area contributed by atoms with Crippen molar-refractivity contribution < 1.29 is 18.4 Å². The molecule has 0 bridgehead atoms. The van der Waals surface area contributed by atoms with Gasteiger partial charge in [-0.05, 0) is 38.0 Å². The van der Waals surface area contributed by atoms with Gasteiger partial charge in [0.15, 0.2) is 0 Å². The van der Waals surface area contributed by atoms with Crippen LogP contribution in [0.5, 0.6) is 0 Å². The molecule has 1 saturated carbocycles. The first-order chi connectivity index (χ1) is 10.5. The summed E-state index contributed by atoms with van der Waals surface area (Å²) in [6.07, 6.45) is 2.60. The number of ether oxygens (including phenoxy) is 1. The third-order valence-corrected chi connectivity index (χ3v) is 4.04. The maximum atomic E-state index is 12.8. The molecule has 0 atom stereocenters. The largest absolute Gasteiger partial charge is 0.381 e. The van der Waals surface area contributed by atoms with Gasteiger partial charge in [0.1, 0.15) is 6.20 Å². The Morgan fingerprint density at radius 2 is 2.14 bits per heavy atom. The van der Waals surface area contributed by atoms with Crippen LogP contribution in [-0.2, 0) is 4.74 Å². The monoisotopic (exact) mass is 317 g/mol. The smallest absolute Gasteiger partial charge is 0.316 e. The van der Waals surface area contributed by atoms with Crippen molar-refractivity contribution in [2.24, 2.45) is 5.92 Å². The van der Waals surface area contributed by atoms with Gasteiger partial charge in [-0.15, -0.1) is 0 Å². The van der Waals surface area contributed by atoms with Gasteiger partial charge in [-0.2, -0.15) is 5.10 Å². The van der Waals surface area contributed by atoms with Crippen molar-refractivity contribution >= 4 is 5.69 Å². The molecule has 0 spiro atoms. The normalized spacial score (nSPS) is 22.2. The average Bonchev–Trinajstić information content (AvgIpc) is 2.94. The van der Waals surface area contributed by atoms with Gasteiger partial charge in [-0.1, -0.05) is 6.92 Å². The lowest BCUT2D eigenvalue weighted by Crippen LogP contribution is -2.21. The SMILES string of the molecule is CCCOCC1CCC(n2cc([N+](=O)[O-])c(C(F)F)n2)CC1. The van der Waals surface area contributed by atoms with Crippen molar-refractivity contribution in [2.75, 3.05) is 13.2 Å². The van der Waals surface area contributed by atoms with Crippen LogP contribution in [0, 0.1) is 16.0 Å². The molecule has 1 fully saturated rings. The molecule has 22 heavy (non-hydrogen) atoms. The van der Waals surface area contributed by atoms with E-state index >= 15 is 0 Å². The van der Waals surface area contributed by atoms with Crippen LogP contribution in [0.2, 0.25) is 0 Å². The highest BCUT2D eigenvalue weighted by atomic mass is 19.3. The topological polar surface area (TPSA) is 70.2 Å². The second-order valence-corrected chi connectivity index (χ2v) is 5.69. The van der Waals surface area contributed by atoms with E-state index in [-0.39, 0.29) is 6.04 Å². The van der Waals surface area contributed by atoms with E-state index in [0.717, 1.165) is 51.5 Å². The van der Waals surface area contributed by atoms with Crippen molar-refractivity contribution in [1.29, 1.82) is 0 Å². The molecule has 1 aromatic rings. The van der Waals surface area contributed by atoms with Crippen molar-refractivity contribution in [3.63, 3.8) is 0 Å². The highest BCUT2D eigenvalue weighted by molar-refractivity contribution is 5.33. The summed E-state index contributed by atoms with van der Waals surface area (Å²) in [5.74, 6) is 0.475. The Balaban J connectivity index is 1.96. The van der Waals surface area contributed by atoms with Crippen LogP contribution in [0.25, 0.3) is 0 Å². The molecule has 1 aliphatic rings. The zero-order valence-electron chi connectivity index (χ0n) is 12.6. The van der Waals surface area contributed by atoms with Crippen LogP contribution < -0.4 is 0 Å². The van der Waals surface area contributed by atoms with Gasteiger partial charge in [-0.25, -0.2) is 8.78 Å². The van der Waals surface area contributed by atoms with Gasteiger partial charge in [0, 0.05) is 13.2 Å². The maximum Gasteiger partial charge on any atom is 0.316 e. The number of alkyl halides is 2. The van der Waals surface area contributed by atoms with E-state index in [1.54, 1.807) is 0 Å². The summed E-state index contributed by atoms with van der Waals surface area (Å²) in [6.45, 7) is 3.53. The van der Waals surface area contributed by atoms with Gasteiger partial charge in [0.2, 0.25) is 5.69 Å². The molecular formula is C14H21F2N3O3. The lowest BCUT2D eigenvalue weighted by Gasteiger charge is -2.28. The van der Waals surface area contributed by atoms with Gasteiger partial charge in [0.05, 0.1) is 11.0 Å². The second kappa shape index (κ2) is 7.62. The van der Waals surface area contributed by atoms with Crippen LogP contribution in [0.1, 0.15) is 57.2 Å². The van der Waals surface area contributed by atoms with Crippen molar-refractivity contribution in [3.05, 3.63) is 22.0 Å². The first-order valence-corrected chi connectivity index (χ1v) is 7.62. The molecule has 0 aliphatic heterocycles. The summed E-state index contributed by atoms with van der Waals surface area (Å²) < 4.78 is 32.5. The summed E-state index contributed by atoms with van der Waals surface area (Å²) in [7, 11) is 0. The molecule has 0 aromatic carbocycles.